The number of rotatable bonds is 34. The molecule has 1 heterocycles. The monoisotopic (exact) mass is 1050 g/mol. The summed E-state index contributed by atoms with van der Waals surface area (Å²) in [5.74, 6) is -7.99. The fraction of sp³-hybridized carbons (Fsp3) is 0.609. The number of amides is 8. The molecule has 1 aromatic carbocycles. The van der Waals surface area contributed by atoms with Crippen molar-refractivity contribution < 1.29 is 53.4 Å². The Morgan fingerprint density at radius 1 is 0.757 bits per heavy atom. The summed E-state index contributed by atoms with van der Waals surface area (Å²) in [6.07, 6.45) is 2.83. The standard InChI is InChI=1S/C46H79N17O11/c1-26(57-43(71)37(35(64)24-50)62-39(67)29(52)9-2-4-18-47)38(66)56-25-36(65)58-31(11-6-20-49)44(72)63-22-8-13-34(63)42(70)61-33(23-27-14-16-28(51)17-15-27)41(69)59-30(10-3-5-19-48)40(68)60-32(45(73)74)12-7-21-55-46(53)54/h12,14-17,26,29-31,33-35,37,64H,2-11,13,18-25,47-52H2,1H3,(H,56,66)(H,57,71)(H,58,65)(H,59,69)(H,60,68)(H,61,70)(H,62,67)(H,73,74)(H4,53,54,55)/b32-12-/t26-,29-,30-,31+,33-,34-,35-,37-/m0/s1. The van der Waals surface area contributed by atoms with E-state index in [2.05, 4.69) is 42.2 Å². The Hall–Kier alpha value is -6.98. The van der Waals surface area contributed by atoms with Crippen molar-refractivity contribution in [3.63, 3.8) is 0 Å². The number of carbonyl (C=O) groups excluding carboxylic acids is 8. The van der Waals surface area contributed by atoms with E-state index in [9.17, 15) is 53.4 Å². The number of nitrogens with two attached hydrogens (primary N) is 8. The molecule has 74 heavy (non-hydrogen) atoms. The van der Waals surface area contributed by atoms with Gasteiger partial charge in [0.25, 0.3) is 0 Å². The molecule has 0 bridgehead atoms. The quantitative estimate of drug-likeness (QED) is 0.0100. The van der Waals surface area contributed by atoms with E-state index in [1.54, 1.807) is 24.3 Å². The summed E-state index contributed by atoms with van der Waals surface area (Å²) >= 11 is 0. The molecule has 1 aromatic rings. The van der Waals surface area contributed by atoms with E-state index < -0.39 is 120 Å². The third kappa shape index (κ3) is 22.4. The van der Waals surface area contributed by atoms with Crippen LogP contribution in [0, 0.1) is 0 Å². The Morgan fingerprint density at radius 2 is 1.39 bits per heavy atom. The lowest BCUT2D eigenvalue weighted by Gasteiger charge is -2.30. The second kappa shape index (κ2) is 33.7. The molecule has 0 spiro atoms. The van der Waals surface area contributed by atoms with E-state index in [0.717, 1.165) is 0 Å². The molecule has 0 aliphatic carbocycles. The maximum absolute atomic E-state index is 14.2. The van der Waals surface area contributed by atoms with E-state index in [1.165, 1.54) is 17.9 Å². The first kappa shape index (κ1) is 63.1. The first-order valence-corrected chi connectivity index (χ1v) is 24.6. The van der Waals surface area contributed by atoms with Crippen LogP contribution in [0.2, 0.25) is 0 Å². The molecular weight excluding hydrogens is 967 g/mol. The highest BCUT2D eigenvalue weighted by atomic mass is 16.4. The summed E-state index contributed by atoms with van der Waals surface area (Å²) < 4.78 is 0. The summed E-state index contributed by atoms with van der Waals surface area (Å²) in [4.78, 5) is 125. The lowest BCUT2D eigenvalue weighted by atomic mass is 10.0. The number of aliphatic imine (C=N–C) groups is 1. The van der Waals surface area contributed by atoms with Gasteiger partial charge in [0.2, 0.25) is 47.3 Å². The first-order chi connectivity index (χ1) is 35.2. The van der Waals surface area contributed by atoms with Gasteiger partial charge in [0.05, 0.1) is 18.7 Å². The highest BCUT2D eigenvalue weighted by Crippen LogP contribution is 2.21. The molecule has 8 amide bonds. The van der Waals surface area contributed by atoms with E-state index in [1.807, 2.05) is 0 Å². The van der Waals surface area contributed by atoms with Crippen LogP contribution in [-0.4, -0.2) is 169 Å². The van der Waals surface area contributed by atoms with Crippen molar-refractivity contribution in [3.8, 4) is 0 Å². The molecule has 1 aliphatic heterocycles. The van der Waals surface area contributed by atoms with Gasteiger partial charge >= 0.3 is 5.97 Å². The number of hydrogen-bond donors (Lipinski definition) is 17. The average Bonchev–Trinajstić information content (AvgIpc) is 3.87. The number of nitrogen functional groups attached to an aromatic ring is 1. The van der Waals surface area contributed by atoms with E-state index in [-0.39, 0.29) is 77.1 Å². The molecular formula is C46H79N17O11. The normalized spacial score (nSPS) is 16.2. The minimum atomic E-state index is -1.56. The number of guanidine groups is 1. The van der Waals surface area contributed by atoms with Gasteiger partial charge in [0, 0.05) is 31.7 Å². The van der Waals surface area contributed by atoms with E-state index in [4.69, 9.17) is 45.9 Å². The second-order valence-corrected chi connectivity index (χ2v) is 17.7. The molecule has 0 aromatic heterocycles. The van der Waals surface area contributed by atoms with Crippen LogP contribution in [0.1, 0.15) is 83.1 Å². The van der Waals surface area contributed by atoms with E-state index >= 15 is 0 Å². The van der Waals surface area contributed by atoms with Crippen molar-refractivity contribution in [1.82, 2.24) is 42.1 Å². The van der Waals surface area contributed by atoms with Crippen LogP contribution in [0.3, 0.4) is 0 Å². The zero-order chi connectivity index (χ0) is 55.3. The summed E-state index contributed by atoms with van der Waals surface area (Å²) in [5, 5.41) is 37.7. The van der Waals surface area contributed by atoms with Gasteiger partial charge in [-0.25, -0.2) is 4.79 Å². The summed E-state index contributed by atoms with van der Waals surface area (Å²) in [6, 6.07) is -2.33. The lowest BCUT2D eigenvalue weighted by molar-refractivity contribution is -0.142. The van der Waals surface area contributed by atoms with Gasteiger partial charge in [-0.3, -0.25) is 43.3 Å². The Bertz CT molecular complexity index is 2090. The van der Waals surface area contributed by atoms with Gasteiger partial charge in [-0.05, 0) is 108 Å². The van der Waals surface area contributed by atoms with Crippen molar-refractivity contribution >= 4 is 64.9 Å². The first-order valence-electron chi connectivity index (χ1n) is 24.6. The van der Waals surface area contributed by atoms with Gasteiger partial charge in [0.15, 0.2) is 5.96 Å². The predicted molar refractivity (Wildman–Crippen MR) is 274 cm³/mol. The number of carbonyl (C=O) groups is 9. The van der Waals surface area contributed by atoms with E-state index in [0.29, 0.717) is 49.9 Å². The van der Waals surface area contributed by atoms with Gasteiger partial charge < -0.3 is 98.2 Å². The maximum atomic E-state index is 14.2. The van der Waals surface area contributed by atoms with Gasteiger partial charge in [-0.1, -0.05) is 24.6 Å². The smallest absolute Gasteiger partial charge is 0.352 e. The molecule has 1 saturated heterocycles. The number of anilines is 1. The number of unbranched alkanes of at least 4 members (excludes halogenated alkanes) is 2. The number of nitrogens with one attached hydrogen (secondary N) is 7. The number of aliphatic hydroxyl groups excluding tert-OH is 1. The van der Waals surface area contributed by atoms with Gasteiger partial charge in [-0.15, -0.1) is 0 Å². The molecule has 1 aliphatic rings. The number of hydrogen-bond acceptors (Lipinski definition) is 17. The zero-order valence-corrected chi connectivity index (χ0v) is 42.0. The molecule has 28 heteroatoms. The molecule has 25 N–H and O–H groups in total. The average molecular weight is 1050 g/mol. The number of nitrogens with zero attached hydrogens (tertiary/aromatic N) is 2. The van der Waals surface area contributed by atoms with Crippen LogP contribution in [0.5, 0.6) is 0 Å². The van der Waals surface area contributed by atoms with Crippen LogP contribution >= 0.6 is 0 Å². The van der Waals surface area contributed by atoms with Crippen molar-refractivity contribution in [1.29, 1.82) is 0 Å². The number of carboxylic acid groups (broad SMARTS) is 1. The minimum Gasteiger partial charge on any atom is -0.477 e. The van der Waals surface area contributed by atoms with Crippen molar-refractivity contribution in [2.24, 2.45) is 45.1 Å². The molecule has 0 radical (unpaired) electrons. The summed E-state index contributed by atoms with van der Waals surface area (Å²) in [6.45, 7) is 1.17. The number of aliphatic hydroxyl groups is 1. The third-order valence-corrected chi connectivity index (χ3v) is 11.7. The zero-order valence-electron chi connectivity index (χ0n) is 42.0. The van der Waals surface area contributed by atoms with Crippen LogP contribution < -0.4 is 83.1 Å². The number of likely N-dealkylation sites (tertiary alicyclic amines) is 1. The van der Waals surface area contributed by atoms with Gasteiger partial charge in [0.1, 0.15) is 41.9 Å². The van der Waals surface area contributed by atoms with Crippen molar-refractivity contribution in [2.45, 2.75) is 132 Å². The van der Waals surface area contributed by atoms with Gasteiger partial charge in [-0.2, -0.15) is 0 Å². The van der Waals surface area contributed by atoms with Crippen LogP contribution in [0.25, 0.3) is 0 Å². The van der Waals surface area contributed by atoms with Crippen molar-refractivity contribution in [2.75, 3.05) is 51.5 Å². The topological polar surface area (TPSA) is 502 Å². The number of carboxylic acids is 1. The highest BCUT2D eigenvalue weighted by molar-refractivity contribution is 5.99. The Labute approximate surface area is 430 Å². The second-order valence-electron chi connectivity index (χ2n) is 17.7. The predicted octanol–water partition coefficient (Wildman–Crippen LogP) is -6.25. The van der Waals surface area contributed by atoms with Crippen LogP contribution in [0.15, 0.2) is 41.0 Å². The Morgan fingerprint density at radius 3 is 2.00 bits per heavy atom. The maximum Gasteiger partial charge on any atom is 0.352 e. The molecule has 2 rings (SSSR count). The van der Waals surface area contributed by atoms with Crippen LogP contribution in [-0.2, 0) is 49.6 Å². The highest BCUT2D eigenvalue weighted by Gasteiger charge is 2.39. The minimum absolute atomic E-state index is 0.0400. The van der Waals surface area contributed by atoms with Crippen LogP contribution in [0.4, 0.5) is 5.69 Å². The lowest BCUT2D eigenvalue weighted by Crippen LogP contribution is -2.60. The largest absolute Gasteiger partial charge is 0.477 e. The summed E-state index contributed by atoms with van der Waals surface area (Å²) in [7, 11) is 0. The number of benzene rings is 1. The Balaban J connectivity index is 2.25. The molecule has 8 atom stereocenters. The fourth-order valence-corrected chi connectivity index (χ4v) is 7.60. The third-order valence-electron chi connectivity index (χ3n) is 11.7. The molecule has 1 fully saturated rings. The molecule has 0 saturated carbocycles. The number of aliphatic carboxylic acids is 1. The fourth-order valence-electron chi connectivity index (χ4n) is 7.60. The molecule has 414 valence electrons. The summed E-state index contributed by atoms with van der Waals surface area (Å²) in [5.41, 5.74) is 45.5. The SMILES string of the molecule is C[C@H](NC(=O)[C@@H](NC(=O)[C@@H](N)CCCCN)[C@@H](O)CN)C(=O)NCC(=O)N[C@H](CCCN)C(=O)N1CCC[C@H]1C(=O)N[C@@H](Cc1ccc(N)cc1)C(=O)N[C@@H](CCCCN)C(=O)N/C(=C\CCN=C(N)N)C(=O)O. The molecule has 28 nitrogen and oxygen atoms in total. The van der Waals surface area contributed by atoms with Crippen molar-refractivity contribution in [3.05, 3.63) is 41.6 Å². The Kier molecular flexibility index (Phi) is 28.7. The molecule has 0 unspecified atom stereocenters.